The zero-order valence-corrected chi connectivity index (χ0v) is 82.8. The molecule has 0 aliphatic heterocycles. The summed E-state index contributed by atoms with van der Waals surface area (Å²) in [6.45, 7) is 36.5. The predicted molar refractivity (Wildman–Crippen MR) is 551 cm³/mol. The number of anilines is 14. The molecule has 14 aromatic heterocycles. The number of nitrogens with zero attached hydrogens (tertiary/aromatic N) is 28. The Balaban J connectivity index is 0.000000123. The van der Waals surface area contributed by atoms with Crippen molar-refractivity contribution in [3.63, 3.8) is 0 Å². The van der Waals surface area contributed by atoms with Gasteiger partial charge in [-0.05, 0) is 253 Å². The van der Waals surface area contributed by atoms with Crippen LogP contribution in [0.25, 0.3) is 40.4 Å². The summed E-state index contributed by atoms with van der Waals surface area (Å²) in [5, 5.41) is 54.1. The van der Waals surface area contributed by atoms with Crippen LogP contribution in [0.2, 0.25) is 5.02 Å². The van der Waals surface area contributed by atoms with Crippen molar-refractivity contribution >= 4 is 144 Å². The smallest absolute Gasteiger partial charge is 0.337 e. The van der Waals surface area contributed by atoms with Crippen molar-refractivity contribution in [3.05, 3.63) is 320 Å². The maximum atomic E-state index is 5.87. The van der Waals surface area contributed by atoms with Crippen LogP contribution in [-0.2, 0) is 19.3 Å². The monoisotopic (exact) mass is 1900 g/mol. The highest BCUT2D eigenvalue weighted by Gasteiger charge is 2.19. The number of aryl methyl sites for hydroxylation is 14. The zero-order chi connectivity index (χ0) is 98.1. The van der Waals surface area contributed by atoms with E-state index in [4.69, 9.17) is 16.3 Å². The van der Waals surface area contributed by atoms with Crippen molar-refractivity contribution in [2.45, 2.75) is 155 Å². The molecule has 36 nitrogen and oxygen atoms in total. The molecular formula is C101H110ClN35OS. The van der Waals surface area contributed by atoms with Gasteiger partial charge in [0.25, 0.3) is 40.4 Å². The van der Waals surface area contributed by atoms with Gasteiger partial charge in [-0.3, -0.25) is 0 Å². The predicted octanol–water partition coefficient (Wildman–Crippen LogP) is 21.3. The Labute approximate surface area is 813 Å². The minimum absolute atomic E-state index is 0.301. The first-order valence-electron chi connectivity index (χ1n) is 45.2. The van der Waals surface area contributed by atoms with Gasteiger partial charge in [0.15, 0.2) is 0 Å². The molecule has 38 heteroatoms. The molecule has 21 rings (SSSR count). The third kappa shape index (κ3) is 24.4. The van der Waals surface area contributed by atoms with E-state index in [1.165, 1.54) is 70.7 Å². The first-order chi connectivity index (χ1) is 67.1. The van der Waals surface area contributed by atoms with Crippen LogP contribution in [0.4, 0.5) is 80.5 Å². The Kier molecular flexibility index (Phi) is 30.9. The molecule has 7 N–H and O–H groups in total. The molecule has 0 saturated carbocycles. The highest BCUT2D eigenvalue weighted by atomic mass is 35.5. The number of ether oxygens (including phenoxy) is 1. The molecule has 139 heavy (non-hydrogen) atoms. The van der Waals surface area contributed by atoms with Crippen molar-refractivity contribution in [1.29, 1.82) is 0 Å². The van der Waals surface area contributed by atoms with Crippen LogP contribution >= 0.6 is 23.4 Å². The van der Waals surface area contributed by atoms with Gasteiger partial charge in [0.2, 0.25) is 0 Å². The van der Waals surface area contributed by atoms with Crippen LogP contribution in [-0.4, -0.2) is 150 Å². The van der Waals surface area contributed by atoms with Gasteiger partial charge in [-0.1, -0.05) is 112 Å². The lowest BCUT2D eigenvalue weighted by Crippen LogP contribution is -2.08. The Hall–Kier alpha value is -16.6. The van der Waals surface area contributed by atoms with Crippen molar-refractivity contribution in [3.8, 4) is 6.01 Å². The second kappa shape index (κ2) is 44.3. The first kappa shape index (κ1) is 97.0. The first-order valence-corrected chi connectivity index (χ1v) is 46.8. The number of fused-ring (bicyclic) bond motifs is 7. The minimum Gasteiger partial charge on any atom is -0.466 e. The standard InChI is InChI=1S/C17H21N5.2C15H17N5.C14H15N5O.C14H15N5.C13H12ClN5.C13H13N5S/c1-5-15-12(4)20-17-18-10-19-22(17)16(15)21-14-8-6-13(7-9-14)11(2)3;1-9-5-6-13(7-10(9)2)18-14-8-11(3)16-15-17-12(4)19-20(14)15;1-4-13-11(3)18-15-16-9-17-20(15)14(13)19-12-7-5-10(2)6-8-12;1-9-4-6-11(7-5-9)16-12-8-10(2)15-13-17-14(20-3)18-19(12)13;1-3-11-4-6-12(7-5-11)18-13-8-10(2)17-14-15-9-16-19(13)14;1-8-7-12(17-11-5-3-10(14)4-6-11)19-13(15-8)16-9(2)18-19;1-9-7-12(18-13(16-9)14-8-15-18)17-10-3-5-11(19-2)6-4-10/h6-11,21H,5H2,1-4H3;5-8,18H,1-4H3;5-9,19H,4H2,1-3H3;4-8,16H,1-3H3;4-9,18H,3H2,1-2H3;3-7,17H,1-2H3;3-8,17H,1-2H3. The van der Waals surface area contributed by atoms with Gasteiger partial charge in [0, 0.05) is 131 Å². The van der Waals surface area contributed by atoms with E-state index in [2.05, 4.69) is 327 Å². The van der Waals surface area contributed by atoms with Gasteiger partial charge in [-0.25, -0.2) is 34.9 Å². The zero-order valence-electron chi connectivity index (χ0n) is 81.2. The van der Waals surface area contributed by atoms with Gasteiger partial charge in [0.05, 0.1) is 7.11 Å². The van der Waals surface area contributed by atoms with Gasteiger partial charge < -0.3 is 42.0 Å². The largest absolute Gasteiger partial charge is 0.466 e. The molecule has 0 aliphatic rings. The maximum absolute atomic E-state index is 5.87. The van der Waals surface area contributed by atoms with E-state index in [9.17, 15) is 0 Å². The molecular weight excluding hydrogens is 1790 g/mol. The highest BCUT2D eigenvalue weighted by molar-refractivity contribution is 7.98. The molecule has 708 valence electrons. The van der Waals surface area contributed by atoms with Crippen LogP contribution in [0.15, 0.2) is 224 Å². The lowest BCUT2D eigenvalue weighted by Gasteiger charge is -2.15. The van der Waals surface area contributed by atoms with Gasteiger partial charge in [-0.15, -0.1) is 27.1 Å². The van der Waals surface area contributed by atoms with E-state index < -0.39 is 0 Å². The summed E-state index contributed by atoms with van der Waals surface area (Å²) in [7, 11) is 1.54. The fraction of sp³-hybridized carbons (Fsp3) is 0.238. The van der Waals surface area contributed by atoms with Crippen LogP contribution < -0.4 is 42.0 Å². The second-order valence-corrected chi connectivity index (χ2v) is 34.4. The van der Waals surface area contributed by atoms with E-state index in [-0.39, 0.29) is 0 Å². The van der Waals surface area contributed by atoms with Crippen molar-refractivity contribution < 1.29 is 4.74 Å². The average molecular weight is 1900 g/mol. The lowest BCUT2D eigenvalue weighted by atomic mass is 10.0. The number of hydrogen-bond acceptors (Lipinski definition) is 30. The van der Waals surface area contributed by atoms with E-state index in [0.717, 1.165) is 151 Å². The summed E-state index contributed by atoms with van der Waals surface area (Å²) in [6.07, 6.45) is 11.0. The average Bonchev–Trinajstić information content (AvgIpc) is 1.71. The summed E-state index contributed by atoms with van der Waals surface area (Å²) in [6, 6.07) is 65.4. The Morgan fingerprint density at radius 2 is 0.655 bits per heavy atom. The molecule has 0 unspecified atom stereocenters. The minimum atomic E-state index is 0.301. The fourth-order valence-electron chi connectivity index (χ4n) is 14.7. The number of aromatic nitrogens is 28. The van der Waals surface area contributed by atoms with Crippen LogP contribution in [0, 0.1) is 90.0 Å². The molecule has 0 spiro atoms. The number of benzene rings is 7. The summed E-state index contributed by atoms with van der Waals surface area (Å²) >= 11 is 7.60. The molecule has 21 aromatic rings. The number of thioether (sulfide) groups is 1. The normalized spacial score (nSPS) is 10.9. The van der Waals surface area contributed by atoms with Gasteiger partial charge in [-0.2, -0.15) is 86.9 Å². The summed E-state index contributed by atoms with van der Waals surface area (Å²) in [5.41, 5.74) is 23.5. The third-order valence-corrected chi connectivity index (χ3v) is 23.0. The molecule has 0 atom stereocenters. The molecule has 14 heterocycles. The number of hydrogen-bond donors (Lipinski definition) is 7. The molecule has 0 saturated heterocycles. The lowest BCUT2D eigenvalue weighted by molar-refractivity contribution is 0.381. The molecule has 0 fully saturated rings. The van der Waals surface area contributed by atoms with E-state index in [0.29, 0.717) is 69.0 Å². The summed E-state index contributed by atoms with van der Waals surface area (Å²) in [5.74, 6) is 12.2. The number of halogens is 1. The number of methoxy groups -OCH3 is 1. The van der Waals surface area contributed by atoms with Crippen LogP contribution in [0.3, 0.4) is 0 Å². The van der Waals surface area contributed by atoms with Crippen LogP contribution in [0.5, 0.6) is 6.01 Å². The van der Waals surface area contributed by atoms with E-state index in [1.807, 2.05) is 141 Å². The van der Waals surface area contributed by atoms with Gasteiger partial charge in [0.1, 0.15) is 77.7 Å². The van der Waals surface area contributed by atoms with E-state index in [1.54, 1.807) is 43.4 Å². The molecule has 0 radical (unpaired) electrons. The van der Waals surface area contributed by atoms with Gasteiger partial charge >= 0.3 is 6.01 Å². The van der Waals surface area contributed by atoms with Crippen molar-refractivity contribution in [2.75, 3.05) is 50.6 Å². The maximum Gasteiger partial charge on any atom is 0.337 e. The van der Waals surface area contributed by atoms with Crippen molar-refractivity contribution in [1.82, 2.24) is 137 Å². The SMILES string of the molecule is CCc1c(C)nc2ncnn2c1Nc1ccc(C(C)C)cc1.CCc1c(C)nc2ncnn2c1Nc1ccc(C)cc1.CCc1ccc(Nc2cc(C)nc3ncnn23)cc1.COc1nc2nc(C)cc(Nc3ccc(C)cc3)n2n1.CSc1ccc(Nc2cc(C)nc3ncnn23)cc1.Cc1cc(Nc2ccc(C)c(C)c2)n2nc(C)nc2n1.Cc1cc(Nc2ccc(Cl)cc2)n2nc(C)nc2n1. The summed E-state index contributed by atoms with van der Waals surface area (Å²) < 4.78 is 17.0. The molecule has 0 bridgehead atoms. The topological polar surface area (TPSA) is 395 Å². The Morgan fingerprint density at radius 3 is 1.04 bits per heavy atom. The number of nitrogens with one attached hydrogen (secondary N) is 7. The second-order valence-electron chi connectivity index (χ2n) is 33.1. The highest BCUT2D eigenvalue weighted by Crippen LogP contribution is 2.31. The molecule has 0 amide bonds. The Morgan fingerprint density at radius 1 is 0.324 bits per heavy atom. The third-order valence-electron chi connectivity index (χ3n) is 22.0. The molecule has 7 aromatic carbocycles. The van der Waals surface area contributed by atoms with Crippen molar-refractivity contribution in [2.24, 2.45) is 0 Å². The Bertz CT molecular complexity index is 7660. The van der Waals surface area contributed by atoms with Crippen LogP contribution in [0.1, 0.15) is 137 Å². The van der Waals surface area contributed by atoms with E-state index >= 15 is 0 Å². The number of rotatable bonds is 20. The summed E-state index contributed by atoms with van der Waals surface area (Å²) in [4.78, 5) is 61.2. The molecule has 0 aliphatic carbocycles. The fourth-order valence-corrected chi connectivity index (χ4v) is 15.2. The quantitative estimate of drug-likeness (QED) is 0.0348.